The summed E-state index contributed by atoms with van der Waals surface area (Å²) in [6.45, 7) is 3.79. The van der Waals surface area contributed by atoms with Crippen molar-refractivity contribution in [1.82, 2.24) is 0 Å². The van der Waals surface area contributed by atoms with E-state index in [4.69, 9.17) is 4.74 Å². The van der Waals surface area contributed by atoms with Gasteiger partial charge in [-0.25, -0.2) is 4.79 Å². The van der Waals surface area contributed by atoms with Gasteiger partial charge in [0.2, 0.25) is 0 Å². The number of ether oxygens (including phenoxy) is 1. The van der Waals surface area contributed by atoms with Gasteiger partial charge in [0.05, 0.1) is 12.3 Å². The van der Waals surface area contributed by atoms with Crippen LogP contribution in [0.3, 0.4) is 0 Å². The average molecular weight is 219 g/mol. The van der Waals surface area contributed by atoms with E-state index >= 15 is 0 Å². The molecule has 0 saturated carbocycles. The van der Waals surface area contributed by atoms with Crippen molar-refractivity contribution < 1.29 is 14.6 Å². The highest BCUT2D eigenvalue weighted by molar-refractivity contribution is 5.97. The third-order valence-electron chi connectivity index (χ3n) is 2.61. The lowest BCUT2D eigenvalue weighted by atomic mass is 10.0. The number of rotatable bonds is 2. The number of phenols is 1. The van der Waals surface area contributed by atoms with Crippen molar-refractivity contribution in [1.29, 1.82) is 0 Å². The van der Waals surface area contributed by atoms with Gasteiger partial charge in [-0.15, -0.1) is 0 Å². The van der Waals surface area contributed by atoms with Crippen LogP contribution in [-0.2, 0) is 11.2 Å². The quantitative estimate of drug-likeness (QED) is 0.775. The molecule has 1 aromatic carbocycles. The maximum Gasteiger partial charge on any atom is 0.342 e. The molecule has 0 amide bonds. The maximum atomic E-state index is 11.7. The molecular formula is C12H13NO3. The molecule has 0 unspecified atom stereocenters. The number of hydrogen-bond acceptors (Lipinski definition) is 4. The Kier molecular flexibility index (Phi) is 2.64. The van der Waals surface area contributed by atoms with Crippen LogP contribution >= 0.6 is 0 Å². The van der Waals surface area contributed by atoms with E-state index in [-0.39, 0.29) is 17.9 Å². The largest absolute Gasteiger partial charge is 0.507 e. The lowest BCUT2D eigenvalue weighted by Crippen LogP contribution is -2.07. The summed E-state index contributed by atoms with van der Waals surface area (Å²) in [5.74, 6) is -0.525. The topological polar surface area (TPSA) is 58.9 Å². The first-order chi connectivity index (χ1) is 7.65. The Bertz CT molecular complexity index is 478. The number of aromatic hydroxyl groups is 1. The van der Waals surface area contributed by atoms with Crippen LogP contribution in [0.5, 0.6) is 5.75 Å². The first-order valence-corrected chi connectivity index (χ1v) is 5.20. The zero-order chi connectivity index (χ0) is 11.7. The molecule has 84 valence electrons. The molecule has 4 heteroatoms. The minimum Gasteiger partial charge on any atom is -0.507 e. The standard InChI is InChI=1S/C12H13NO3/c1-3-16-12(15)10-7(2)11-8(4-5-13-11)6-9(10)14/h5-6,14H,3-4H2,1-2H3. The van der Waals surface area contributed by atoms with Crippen molar-refractivity contribution in [2.75, 3.05) is 6.61 Å². The van der Waals surface area contributed by atoms with E-state index in [1.54, 1.807) is 26.1 Å². The predicted molar refractivity (Wildman–Crippen MR) is 60.7 cm³/mol. The molecule has 0 saturated heterocycles. The molecule has 1 N–H and O–H groups in total. The normalized spacial score (nSPS) is 12.6. The Hall–Kier alpha value is -1.84. The minimum atomic E-state index is -0.498. The summed E-state index contributed by atoms with van der Waals surface area (Å²) >= 11 is 0. The van der Waals surface area contributed by atoms with E-state index < -0.39 is 5.97 Å². The zero-order valence-corrected chi connectivity index (χ0v) is 9.28. The van der Waals surface area contributed by atoms with E-state index in [1.165, 1.54) is 0 Å². The second kappa shape index (κ2) is 3.96. The van der Waals surface area contributed by atoms with Gasteiger partial charge >= 0.3 is 5.97 Å². The van der Waals surface area contributed by atoms with Gasteiger partial charge in [0.1, 0.15) is 11.3 Å². The summed E-state index contributed by atoms with van der Waals surface area (Å²) in [4.78, 5) is 15.9. The van der Waals surface area contributed by atoms with Crippen LogP contribution in [0.1, 0.15) is 28.4 Å². The summed E-state index contributed by atoms with van der Waals surface area (Å²) < 4.78 is 4.90. The van der Waals surface area contributed by atoms with Gasteiger partial charge in [0.15, 0.2) is 0 Å². The number of phenolic OH excluding ortho intramolecular Hbond substituents is 1. The van der Waals surface area contributed by atoms with E-state index in [2.05, 4.69) is 4.99 Å². The third kappa shape index (κ3) is 1.56. The van der Waals surface area contributed by atoms with Crippen molar-refractivity contribution in [3.63, 3.8) is 0 Å². The van der Waals surface area contributed by atoms with Crippen LogP contribution in [0.15, 0.2) is 11.1 Å². The number of carbonyl (C=O) groups is 1. The number of aliphatic imine (C=N–C) groups is 1. The van der Waals surface area contributed by atoms with Crippen molar-refractivity contribution in [2.45, 2.75) is 20.3 Å². The molecule has 1 heterocycles. The van der Waals surface area contributed by atoms with Crippen LogP contribution < -0.4 is 0 Å². The van der Waals surface area contributed by atoms with Crippen LogP contribution in [0, 0.1) is 6.92 Å². The number of hydrogen-bond donors (Lipinski definition) is 1. The lowest BCUT2D eigenvalue weighted by molar-refractivity contribution is 0.0522. The number of fused-ring (bicyclic) bond motifs is 1. The molecule has 0 radical (unpaired) electrons. The van der Waals surface area contributed by atoms with Crippen molar-refractivity contribution in [3.05, 3.63) is 22.8 Å². The number of esters is 1. The molecule has 0 fully saturated rings. The van der Waals surface area contributed by atoms with Gasteiger partial charge in [-0.05, 0) is 31.0 Å². The van der Waals surface area contributed by atoms with Crippen LogP contribution in [0.25, 0.3) is 0 Å². The second-order valence-corrected chi connectivity index (χ2v) is 3.64. The number of benzene rings is 1. The van der Waals surface area contributed by atoms with Crippen LogP contribution in [0.2, 0.25) is 0 Å². The third-order valence-corrected chi connectivity index (χ3v) is 2.61. The second-order valence-electron chi connectivity index (χ2n) is 3.64. The first kappa shape index (κ1) is 10.7. The maximum absolute atomic E-state index is 11.7. The smallest absolute Gasteiger partial charge is 0.342 e. The Morgan fingerprint density at radius 3 is 3.06 bits per heavy atom. The fourth-order valence-corrected chi connectivity index (χ4v) is 1.89. The highest BCUT2D eigenvalue weighted by atomic mass is 16.5. The Morgan fingerprint density at radius 2 is 2.38 bits per heavy atom. The summed E-state index contributed by atoms with van der Waals surface area (Å²) in [5, 5.41) is 9.80. The molecule has 0 spiro atoms. The lowest BCUT2D eigenvalue weighted by Gasteiger charge is -2.10. The monoisotopic (exact) mass is 219 g/mol. The average Bonchev–Trinajstić information content (AvgIpc) is 2.66. The van der Waals surface area contributed by atoms with Gasteiger partial charge < -0.3 is 9.84 Å². The van der Waals surface area contributed by atoms with E-state index in [9.17, 15) is 9.90 Å². The molecule has 4 nitrogen and oxygen atoms in total. The summed E-state index contributed by atoms with van der Waals surface area (Å²) in [7, 11) is 0. The van der Waals surface area contributed by atoms with Crippen LogP contribution in [-0.4, -0.2) is 23.9 Å². The molecule has 0 aromatic heterocycles. The summed E-state index contributed by atoms with van der Waals surface area (Å²) in [6, 6.07) is 1.58. The molecule has 1 aliphatic rings. The number of carbonyl (C=O) groups excluding carboxylic acids is 1. The molecule has 2 rings (SSSR count). The van der Waals surface area contributed by atoms with Gasteiger partial charge in [-0.3, -0.25) is 4.99 Å². The van der Waals surface area contributed by atoms with E-state index in [0.717, 1.165) is 11.3 Å². The Labute approximate surface area is 93.6 Å². The highest BCUT2D eigenvalue weighted by Crippen LogP contribution is 2.36. The predicted octanol–water partition coefficient (Wildman–Crippen LogP) is 2.14. The molecular weight excluding hydrogens is 206 g/mol. The molecule has 1 aliphatic heterocycles. The minimum absolute atomic E-state index is 0.0276. The van der Waals surface area contributed by atoms with Crippen molar-refractivity contribution in [3.8, 4) is 5.75 Å². The van der Waals surface area contributed by atoms with Gasteiger partial charge in [0, 0.05) is 12.6 Å². The SMILES string of the molecule is CCOC(=O)c1c(O)cc2c(c1C)N=CC2. The van der Waals surface area contributed by atoms with Crippen molar-refractivity contribution >= 4 is 17.9 Å². The van der Waals surface area contributed by atoms with Gasteiger partial charge in [-0.1, -0.05) is 0 Å². The fraction of sp³-hybridized carbons (Fsp3) is 0.333. The van der Waals surface area contributed by atoms with Gasteiger partial charge in [-0.2, -0.15) is 0 Å². The zero-order valence-electron chi connectivity index (χ0n) is 9.28. The van der Waals surface area contributed by atoms with Crippen LogP contribution in [0.4, 0.5) is 5.69 Å². The first-order valence-electron chi connectivity index (χ1n) is 5.20. The Balaban J connectivity index is 2.53. The molecule has 0 aliphatic carbocycles. The fourth-order valence-electron chi connectivity index (χ4n) is 1.89. The molecule has 1 aromatic rings. The Morgan fingerprint density at radius 1 is 1.62 bits per heavy atom. The van der Waals surface area contributed by atoms with Gasteiger partial charge in [0.25, 0.3) is 0 Å². The van der Waals surface area contributed by atoms with E-state index in [0.29, 0.717) is 12.0 Å². The summed E-state index contributed by atoms with van der Waals surface area (Å²) in [6.07, 6.45) is 2.47. The van der Waals surface area contributed by atoms with E-state index in [1.807, 2.05) is 0 Å². The molecule has 0 bridgehead atoms. The molecule has 0 atom stereocenters. The highest BCUT2D eigenvalue weighted by Gasteiger charge is 2.22. The van der Waals surface area contributed by atoms with Crippen molar-refractivity contribution in [2.24, 2.45) is 4.99 Å². The summed E-state index contributed by atoms with van der Waals surface area (Å²) in [5.41, 5.74) is 2.63. The number of nitrogens with zero attached hydrogens (tertiary/aromatic N) is 1. The molecule has 16 heavy (non-hydrogen) atoms.